The number of nitrogens with zero attached hydrogens (tertiary/aromatic N) is 1. The predicted molar refractivity (Wildman–Crippen MR) is 123 cm³/mol. The number of fused-ring (bicyclic) bond motifs is 4. The molecule has 2 heterocycles. The molecule has 0 fully saturated rings. The van der Waals surface area contributed by atoms with Gasteiger partial charge in [-0.1, -0.05) is 13.3 Å². The number of halogens is 1. The van der Waals surface area contributed by atoms with Crippen LogP contribution in [0, 0.1) is 0 Å². The third-order valence-electron chi connectivity index (χ3n) is 6.19. The van der Waals surface area contributed by atoms with E-state index in [1.54, 1.807) is 28.4 Å². The van der Waals surface area contributed by atoms with Gasteiger partial charge in [-0.2, -0.15) is 4.57 Å². The molecule has 1 aliphatic heterocycles. The number of hydrogen-bond donors (Lipinski definition) is 0. The molecule has 0 amide bonds. The van der Waals surface area contributed by atoms with Crippen LogP contribution in [-0.2, 0) is 13.0 Å². The second-order valence-electron chi connectivity index (χ2n) is 7.95. The monoisotopic (exact) mass is 471 g/mol. The number of ether oxygens (including phenoxy) is 4. The van der Waals surface area contributed by atoms with Crippen LogP contribution >= 0.6 is 0 Å². The van der Waals surface area contributed by atoms with E-state index >= 15 is 0 Å². The molecule has 4 rings (SSSR count). The number of hydrogen-bond acceptors (Lipinski definition) is 5. The molecule has 1 aromatic heterocycles. The number of unbranched alkanes of at least 4 members (excludes halogenated alkanes) is 1. The van der Waals surface area contributed by atoms with Crippen LogP contribution in [0.15, 0.2) is 30.5 Å². The maximum Gasteiger partial charge on any atom is 0.224 e. The summed E-state index contributed by atoms with van der Waals surface area (Å²) in [4.78, 5) is 13.6. The SMILES string of the molecule is CCCCC(=O)c1c2[n+](cc3c(OC)c(OC)ccc13)CCc1cc(OC)c(OC)cc1-2.[Cl-]. The van der Waals surface area contributed by atoms with Gasteiger partial charge in [0.2, 0.25) is 5.69 Å². The third-order valence-corrected chi connectivity index (χ3v) is 6.19. The number of aryl methyl sites for hydroxylation is 2. The Bertz CT molecular complexity index is 1190. The third kappa shape index (κ3) is 4.20. The number of aromatic nitrogens is 1. The molecule has 33 heavy (non-hydrogen) atoms. The lowest BCUT2D eigenvalue weighted by molar-refractivity contribution is -0.686. The van der Waals surface area contributed by atoms with Crippen LogP contribution in [0.2, 0.25) is 0 Å². The number of benzene rings is 2. The topological polar surface area (TPSA) is 57.9 Å². The Labute approximate surface area is 200 Å². The molecule has 1 aliphatic rings. The number of rotatable bonds is 8. The van der Waals surface area contributed by atoms with Crippen LogP contribution in [0.25, 0.3) is 22.0 Å². The van der Waals surface area contributed by atoms with Crippen molar-refractivity contribution in [3.63, 3.8) is 0 Å². The average molecular weight is 472 g/mol. The summed E-state index contributed by atoms with van der Waals surface area (Å²) in [5, 5.41) is 1.75. The zero-order chi connectivity index (χ0) is 22.8. The molecule has 7 heteroatoms. The minimum atomic E-state index is 0. The first-order valence-corrected chi connectivity index (χ1v) is 11.0. The maximum atomic E-state index is 13.6. The summed E-state index contributed by atoms with van der Waals surface area (Å²) in [7, 11) is 6.53. The quantitative estimate of drug-likeness (QED) is 0.370. The van der Waals surface area contributed by atoms with E-state index in [0.29, 0.717) is 29.4 Å². The molecule has 0 N–H and O–H groups in total. The first-order valence-electron chi connectivity index (χ1n) is 11.0. The van der Waals surface area contributed by atoms with Crippen molar-refractivity contribution in [3.05, 3.63) is 41.6 Å². The molecule has 0 aliphatic carbocycles. The second-order valence-corrected chi connectivity index (χ2v) is 7.95. The lowest BCUT2D eigenvalue weighted by Gasteiger charge is -2.21. The highest BCUT2D eigenvalue weighted by Gasteiger charge is 2.33. The van der Waals surface area contributed by atoms with Gasteiger partial charge in [0, 0.05) is 18.2 Å². The van der Waals surface area contributed by atoms with Crippen LogP contribution in [-0.4, -0.2) is 34.2 Å². The molecule has 6 nitrogen and oxygen atoms in total. The predicted octanol–water partition coefficient (Wildman–Crippen LogP) is 1.76. The molecule has 176 valence electrons. The van der Waals surface area contributed by atoms with Gasteiger partial charge in [0.05, 0.1) is 45.0 Å². The van der Waals surface area contributed by atoms with Crippen molar-refractivity contribution in [2.45, 2.75) is 39.2 Å². The second kappa shape index (κ2) is 10.3. The van der Waals surface area contributed by atoms with E-state index in [-0.39, 0.29) is 18.2 Å². The molecule has 0 saturated heterocycles. The van der Waals surface area contributed by atoms with Gasteiger partial charge in [-0.25, -0.2) is 0 Å². The van der Waals surface area contributed by atoms with Crippen molar-refractivity contribution in [1.82, 2.24) is 0 Å². The minimum absolute atomic E-state index is 0. The molecule has 3 aromatic rings. The summed E-state index contributed by atoms with van der Waals surface area (Å²) < 4.78 is 24.5. The Hall–Kier alpha value is -2.99. The van der Waals surface area contributed by atoms with Crippen LogP contribution in [0.1, 0.15) is 42.1 Å². The number of methoxy groups -OCH3 is 4. The summed E-state index contributed by atoms with van der Waals surface area (Å²) in [6.07, 6.45) is 5.21. The number of Topliss-reactive ketones (excluding diaryl/α,β-unsaturated/α-hetero) is 1. The molecule has 0 bridgehead atoms. The van der Waals surface area contributed by atoms with E-state index in [9.17, 15) is 4.79 Å². The van der Waals surface area contributed by atoms with Crippen molar-refractivity contribution in [2.24, 2.45) is 0 Å². The maximum absolute atomic E-state index is 13.6. The van der Waals surface area contributed by atoms with E-state index in [4.69, 9.17) is 18.9 Å². The lowest BCUT2D eigenvalue weighted by Crippen LogP contribution is -3.00. The Morgan fingerprint density at radius 1 is 0.939 bits per heavy atom. The Morgan fingerprint density at radius 3 is 2.27 bits per heavy atom. The summed E-state index contributed by atoms with van der Waals surface area (Å²) in [6, 6.07) is 7.85. The van der Waals surface area contributed by atoms with Gasteiger partial charge >= 0.3 is 0 Å². The zero-order valence-corrected chi connectivity index (χ0v) is 20.5. The highest BCUT2D eigenvalue weighted by molar-refractivity contribution is 6.13. The van der Waals surface area contributed by atoms with E-state index in [1.807, 2.05) is 24.3 Å². The van der Waals surface area contributed by atoms with Gasteiger partial charge in [0.25, 0.3) is 0 Å². The van der Waals surface area contributed by atoms with Crippen molar-refractivity contribution in [2.75, 3.05) is 28.4 Å². The van der Waals surface area contributed by atoms with Gasteiger partial charge in [0.15, 0.2) is 41.5 Å². The highest BCUT2D eigenvalue weighted by Crippen LogP contribution is 2.42. The summed E-state index contributed by atoms with van der Waals surface area (Å²) in [6.45, 7) is 2.85. The normalized spacial score (nSPS) is 11.8. The first kappa shape index (κ1) is 24.6. The van der Waals surface area contributed by atoms with Crippen LogP contribution < -0.4 is 35.9 Å². The molecular weight excluding hydrogens is 442 g/mol. The number of ketones is 1. The fourth-order valence-corrected chi connectivity index (χ4v) is 4.59. The standard InChI is InChI=1S/C26H30NO5.ClH/c1-6-7-8-20(28)24-17-9-10-21(29-2)26(32-5)19(17)15-27-12-11-16-13-22(30-3)23(31-4)14-18(16)25(24)27;/h9-10,13-15H,6-8,11-12H2,1-5H3;1H/q+1;/p-1. The van der Waals surface area contributed by atoms with Crippen LogP contribution in [0.3, 0.4) is 0 Å². The molecule has 2 aromatic carbocycles. The number of carbonyl (C=O) groups excluding carboxylic acids is 1. The fraction of sp³-hybridized carbons (Fsp3) is 0.385. The average Bonchev–Trinajstić information content (AvgIpc) is 2.83. The van der Waals surface area contributed by atoms with E-state index in [1.165, 1.54) is 0 Å². The summed E-state index contributed by atoms with van der Waals surface area (Å²) in [5.41, 5.74) is 3.80. The van der Waals surface area contributed by atoms with Crippen LogP contribution in [0.5, 0.6) is 23.0 Å². The van der Waals surface area contributed by atoms with Gasteiger partial charge in [-0.05, 0) is 36.2 Å². The summed E-state index contributed by atoms with van der Waals surface area (Å²) >= 11 is 0. The molecule has 0 saturated carbocycles. The van der Waals surface area contributed by atoms with E-state index in [0.717, 1.165) is 59.0 Å². The molecule has 0 atom stereocenters. The van der Waals surface area contributed by atoms with Crippen molar-refractivity contribution < 1.29 is 40.7 Å². The molecule has 0 unspecified atom stereocenters. The highest BCUT2D eigenvalue weighted by atomic mass is 35.5. The Morgan fingerprint density at radius 2 is 1.64 bits per heavy atom. The number of pyridine rings is 1. The zero-order valence-electron chi connectivity index (χ0n) is 19.8. The van der Waals surface area contributed by atoms with Crippen LogP contribution in [0.4, 0.5) is 0 Å². The summed E-state index contributed by atoms with van der Waals surface area (Å²) in [5.74, 6) is 2.78. The van der Waals surface area contributed by atoms with Crippen molar-refractivity contribution in [3.8, 4) is 34.3 Å². The van der Waals surface area contributed by atoms with Gasteiger partial charge < -0.3 is 31.4 Å². The largest absolute Gasteiger partial charge is 1.00 e. The molecular formula is C26H30ClNO5. The lowest BCUT2D eigenvalue weighted by atomic mass is 9.88. The van der Waals surface area contributed by atoms with E-state index in [2.05, 4.69) is 17.7 Å². The smallest absolute Gasteiger partial charge is 0.224 e. The van der Waals surface area contributed by atoms with E-state index < -0.39 is 0 Å². The first-order chi connectivity index (χ1) is 15.6. The number of carbonyl (C=O) groups is 1. The van der Waals surface area contributed by atoms with Gasteiger partial charge in [-0.15, -0.1) is 0 Å². The van der Waals surface area contributed by atoms with Crippen molar-refractivity contribution >= 4 is 16.6 Å². The Kier molecular flexibility index (Phi) is 7.69. The van der Waals surface area contributed by atoms with Gasteiger partial charge in [-0.3, -0.25) is 4.79 Å². The fourth-order valence-electron chi connectivity index (χ4n) is 4.59. The Balaban J connectivity index is 0.00000306. The van der Waals surface area contributed by atoms with Crippen molar-refractivity contribution in [1.29, 1.82) is 0 Å². The minimum Gasteiger partial charge on any atom is -1.00 e. The van der Waals surface area contributed by atoms with Gasteiger partial charge in [0.1, 0.15) is 0 Å². The molecule has 0 spiro atoms. The molecule has 0 radical (unpaired) electrons.